The lowest BCUT2D eigenvalue weighted by molar-refractivity contribution is 0.0739. The molecule has 1 unspecified atom stereocenters. The molecular weight excluding hydrogens is 425 g/mol. The highest BCUT2D eigenvalue weighted by Gasteiger charge is 2.30. The van der Waals surface area contributed by atoms with Crippen molar-refractivity contribution in [3.8, 4) is 0 Å². The molecule has 0 spiro atoms. The van der Waals surface area contributed by atoms with E-state index in [1.165, 1.54) is 25.9 Å². The van der Waals surface area contributed by atoms with Gasteiger partial charge in [-0.3, -0.25) is 9.88 Å². The van der Waals surface area contributed by atoms with Crippen LogP contribution in [0.3, 0.4) is 0 Å². The Morgan fingerprint density at radius 2 is 2.16 bits per heavy atom. The second-order valence-electron chi connectivity index (χ2n) is 7.38. The number of nitrogens with one attached hydrogen (secondary N) is 2. The smallest absolute Gasteiger partial charge is 0.191 e. The van der Waals surface area contributed by atoms with Gasteiger partial charge in [0, 0.05) is 31.4 Å². The van der Waals surface area contributed by atoms with Crippen LogP contribution >= 0.6 is 24.0 Å². The van der Waals surface area contributed by atoms with Gasteiger partial charge >= 0.3 is 0 Å². The lowest BCUT2D eigenvalue weighted by Crippen LogP contribution is -2.56. The second kappa shape index (κ2) is 11.0. The molecule has 142 valence electrons. The number of halogens is 1. The Hall–Kier alpha value is -0.890. The molecule has 25 heavy (non-hydrogen) atoms. The Bertz CT molecular complexity index is 518. The van der Waals surface area contributed by atoms with Crippen LogP contribution in [0, 0.1) is 5.92 Å². The van der Waals surface area contributed by atoms with E-state index in [0.717, 1.165) is 30.7 Å². The first-order valence-corrected chi connectivity index (χ1v) is 9.18. The second-order valence-corrected chi connectivity index (χ2v) is 7.38. The van der Waals surface area contributed by atoms with Crippen molar-refractivity contribution in [3.63, 3.8) is 0 Å². The molecule has 0 aromatic carbocycles. The number of aliphatic imine (C=N–C) groups is 1. The van der Waals surface area contributed by atoms with Crippen LogP contribution in [0.4, 0.5) is 0 Å². The molecule has 0 saturated carbocycles. The first-order chi connectivity index (χ1) is 11.5. The Morgan fingerprint density at radius 3 is 2.80 bits per heavy atom. The fraction of sp³-hybridized carbons (Fsp3) is 0.684. The molecule has 0 amide bonds. The Labute approximate surface area is 170 Å². The maximum Gasteiger partial charge on any atom is 0.191 e. The highest BCUT2D eigenvalue weighted by molar-refractivity contribution is 14.0. The third-order valence-electron chi connectivity index (χ3n) is 4.67. The summed E-state index contributed by atoms with van der Waals surface area (Å²) >= 11 is 0. The summed E-state index contributed by atoms with van der Waals surface area (Å²) in [6.45, 7) is 13.8. The summed E-state index contributed by atoms with van der Waals surface area (Å²) in [4.78, 5) is 11.6. The SMILES string of the molecule is CCNC(=NCc1ccccn1)NCC(C)(C)N1CCCC(C)C1.I. The van der Waals surface area contributed by atoms with Gasteiger partial charge in [-0.05, 0) is 58.2 Å². The van der Waals surface area contributed by atoms with Gasteiger partial charge in [0.25, 0.3) is 0 Å². The summed E-state index contributed by atoms with van der Waals surface area (Å²) < 4.78 is 0. The first kappa shape index (κ1) is 22.2. The lowest BCUT2D eigenvalue weighted by atomic mass is 9.93. The standard InChI is InChI=1S/C19H33N5.HI/c1-5-20-18(22-13-17-10-6-7-11-21-17)23-15-19(3,4)24-12-8-9-16(2)14-24;/h6-7,10-11,16H,5,8-9,12-15H2,1-4H3,(H2,20,22,23);1H. The molecular formula is C19H34IN5. The van der Waals surface area contributed by atoms with E-state index in [4.69, 9.17) is 0 Å². The number of hydrogen-bond donors (Lipinski definition) is 2. The largest absolute Gasteiger partial charge is 0.357 e. The molecule has 0 aliphatic carbocycles. The van der Waals surface area contributed by atoms with Crippen LogP contribution < -0.4 is 10.6 Å². The molecule has 6 heteroatoms. The van der Waals surface area contributed by atoms with Gasteiger partial charge < -0.3 is 10.6 Å². The lowest BCUT2D eigenvalue weighted by Gasteiger charge is -2.43. The topological polar surface area (TPSA) is 52.6 Å². The van der Waals surface area contributed by atoms with Gasteiger partial charge in [0.05, 0.1) is 12.2 Å². The molecule has 1 fully saturated rings. The number of likely N-dealkylation sites (tertiary alicyclic amines) is 1. The molecule has 1 aromatic rings. The van der Waals surface area contributed by atoms with Crippen LogP contribution in [0.5, 0.6) is 0 Å². The predicted molar refractivity (Wildman–Crippen MR) is 117 cm³/mol. The van der Waals surface area contributed by atoms with Gasteiger partial charge in [0.2, 0.25) is 0 Å². The summed E-state index contributed by atoms with van der Waals surface area (Å²) in [6, 6.07) is 5.93. The van der Waals surface area contributed by atoms with Crippen molar-refractivity contribution in [1.29, 1.82) is 0 Å². The molecule has 1 atom stereocenters. The van der Waals surface area contributed by atoms with E-state index in [1.807, 2.05) is 24.4 Å². The average molecular weight is 459 g/mol. The van der Waals surface area contributed by atoms with E-state index in [0.29, 0.717) is 6.54 Å². The summed E-state index contributed by atoms with van der Waals surface area (Å²) in [6.07, 6.45) is 4.47. The fourth-order valence-corrected chi connectivity index (χ4v) is 3.14. The van der Waals surface area contributed by atoms with Crippen LogP contribution in [-0.4, -0.2) is 47.6 Å². The van der Waals surface area contributed by atoms with Crippen molar-refractivity contribution in [2.24, 2.45) is 10.9 Å². The van der Waals surface area contributed by atoms with Crippen LogP contribution in [0.25, 0.3) is 0 Å². The minimum absolute atomic E-state index is 0. The Kier molecular flexibility index (Phi) is 9.71. The summed E-state index contributed by atoms with van der Waals surface area (Å²) in [5.74, 6) is 1.66. The zero-order valence-corrected chi connectivity index (χ0v) is 18.4. The van der Waals surface area contributed by atoms with Crippen LogP contribution in [0.2, 0.25) is 0 Å². The van der Waals surface area contributed by atoms with Gasteiger partial charge in [0.1, 0.15) is 0 Å². The van der Waals surface area contributed by atoms with E-state index in [-0.39, 0.29) is 29.5 Å². The van der Waals surface area contributed by atoms with E-state index in [1.54, 1.807) is 0 Å². The normalized spacial score (nSPS) is 19.2. The van der Waals surface area contributed by atoms with E-state index in [2.05, 4.69) is 53.2 Å². The highest BCUT2D eigenvalue weighted by Crippen LogP contribution is 2.23. The van der Waals surface area contributed by atoms with Gasteiger partial charge in [-0.2, -0.15) is 0 Å². The van der Waals surface area contributed by atoms with Crippen molar-refractivity contribution in [2.75, 3.05) is 26.2 Å². The van der Waals surface area contributed by atoms with E-state index < -0.39 is 0 Å². The predicted octanol–water partition coefficient (Wildman–Crippen LogP) is 3.27. The van der Waals surface area contributed by atoms with Crippen LogP contribution in [0.15, 0.2) is 29.4 Å². The third-order valence-corrected chi connectivity index (χ3v) is 4.67. The summed E-state index contributed by atoms with van der Waals surface area (Å²) in [5.41, 5.74) is 1.11. The molecule has 0 bridgehead atoms. The van der Waals surface area contributed by atoms with E-state index >= 15 is 0 Å². The summed E-state index contributed by atoms with van der Waals surface area (Å²) in [5, 5.41) is 6.84. The number of nitrogens with zero attached hydrogens (tertiary/aromatic N) is 3. The molecule has 2 rings (SSSR count). The number of guanidine groups is 1. The molecule has 1 aromatic heterocycles. The number of aromatic nitrogens is 1. The molecule has 5 nitrogen and oxygen atoms in total. The molecule has 2 N–H and O–H groups in total. The van der Waals surface area contributed by atoms with Gasteiger partial charge in [-0.15, -0.1) is 24.0 Å². The molecule has 2 heterocycles. The van der Waals surface area contributed by atoms with Gasteiger partial charge in [-0.1, -0.05) is 13.0 Å². The average Bonchev–Trinajstić information content (AvgIpc) is 2.58. The van der Waals surface area contributed by atoms with Gasteiger partial charge in [0.15, 0.2) is 5.96 Å². The molecule has 1 saturated heterocycles. The van der Waals surface area contributed by atoms with Crippen molar-refractivity contribution in [2.45, 2.75) is 52.6 Å². The fourth-order valence-electron chi connectivity index (χ4n) is 3.14. The van der Waals surface area contributed by atoms with Crippen molar-refractivity contribution >= 4 is 29.9 Å². The third kappa shape index (κ3) is 7.48. The molecule has 1 aliphatic rings. The van der Waals surface area contributed by atoms with Gasteiger partial charge in [-0.25, -0.2) is 4.99 Å². The minimum atomic E-state index is 0. The summed E-state index contributed by atoms with van der Waals surface area (Å²) in [7, 11) is 0. The number of piperidine rings is 1. The quantitative estimate of drug-likeness (QED) is 0.390. The van der Waals surface area contributed by atoms with Crippen LogP contribution in [-0.2, 0) is 6.54 Å². The number of hydrogen-bond acceptors (Lipinski definition) is 3. The van der Waals surface area contributed by atoms with Crippen molar-refractivity contribution < 1.29 is 0 Å². The maximum absolute atomic E-state index is 4.66. The Balaban J connectivity index is 0.00000312. The zero-order valence-electron chi connectivity index (χ0n) is 16.1. The molecule has 1 aliphatic heterocycles. The van der Waals surface area contributed by atoms with Crippen molar-refractivity contribution in [3.05, 3.63) is 30.1 Å². The first-order valence-electron chi connectivity index (χ1n) is 9.18. The number of rotatable bonds is 6. The zero-order chi connectivity index (χ0) is 17.4. The highest BCUT2D eigenvalue weighted by atomic mass is 127. The minimum Gasteiger partial charge on any atom is -0.357 e. The number of pyridine rings is 1. The maximum atomic E-state index is 4.66. The van der Waals surface area contributed by atoms with Crippen LogP contribution in [0.1, 0.15) is 46.2 Å². The monoisotopic (exact) mass is 459 g/mol. The Morgan fingerprint density at radius 1 is 1.36 bits per heavy atom. The molecule has 0 radical (unpaired) electrons. The van der Waals surface area contributed by atoms with E-state index in [9.17, 15) is 0 Å². The van der Waals surface area contributed by atoms with Crippen molar-refractivity contribution in [1.82, 2.24) is 20.5 Å².